The maximum absolute atomic E-state index is 3.68. The SMILES string of the molecule is CCC1(C)CN(CC2CCCC(C)C2)CCN1. The summed E-state index contributed by atoms with van der Waals surface area (Å²) in [5, 5.41) is 3.68. The van der Waals surface area contributed by atoms with E-state index < -0.39 is 0 Å². The Labute approximate surface area is 107 Å². The second kappa shape index (κ2) is 5.71. The van der Waals surface area contributed by atoms with Gasteiger partial charge in [0.1, 0.15) is 0 Å². The van der Waals surface area contributed by atoms with Crippen LogP contribution in [0.15, 0.2) is 0 Å². The highest BCUT2D eigenvalue weighted by Gasteiger charge is 2.30. The van der Waals surface area contributed by atoms with Gasteiger partial charge in [-0.1, -0.05) is 26.7 Å². The van der Waals surface area contributed by atoms with E-state index in [1.807, 2.05) is 0 Å². The minimum atomic E-state index is 0.360. The average Bonchev–Trinajstić information content (AvgIpc) is 2.29. The molecule has 2 heteroatoms. The molecule has 1 aliphatic carbocycles. The Kier molecular flexibility index (Phi) is 4.48. The molecule has 2 nitrogen and oxygen atoms in total. The first kappa shape index (κ1) is 13.4. The Hall–Kier alpha value is -0.0800. The highest BCUT2D eigenvalue weighted by molar-refractivity contribution is 4.90. The van der Waals surface area contributed by atoms with Crippen molar-refractivity contribution in [2.45, 2.75) is 58.4 Å². The molecule has 0 aromatic carbocycles. The van der Waals surface area contributed by atoms with Gasteiger partial charge in [0.05, 0.1) is 0 Å². The lowest BCUT2D eigenvalue weighted by Gasteiger charge is -2.43. The molecule has 1 saturated heterocycles. The Balaban J connectivity index is 1.82. The predicted molar refractivity (Wildman–Crippen MR) is 74.3 cm³/mol. The molecule has 2 fully saturated rings. The van der Waals surface area contributed by atoms with E-state index in [1.54, 1.807) is 0 Å². The molecule has 2 rings (SSSR count). The number of hydrogen-bond acceptors (Lipinski definition) is 2. The smallest absolute Gasteiger partial charge is 0.0278 e. The molecule has 0 spiro atoms. The normalized spacial score (nSPS) is 40.4. The van der Waals surface area contributed by atoms with Crippen LogP contribution in [0.4, 0.5) is 0 Å². The highest BCUT2D eigenvalue weighted by atomic mass is 15.2. The zero-order chi connectivity index (χ0) is 12.3. The molecule has 1 saturated carbocycles. The fourth-order valence-corrected chi connectivity index (χ4v) is 3.63. The highest BCUT2D eigenvalue weighted by Crippen LogP contribution is 2.29. The molecule has 0 radical (unpaired) electrons. The molecule has 2 aliphatic rings. The first-order valence-corrected chi connectivity index (χ1v) is 7.59. The van der Waals surface area contributed by atoms with Crippen LogP contribution in [0.25, 0.3) is 0 Å². The maximum Gasteiger partial charge on any atom is 0.0278 e. The molecule has 100 valence electrons. The van der Waals surface area contributed by atoms with Gasteiger partial charge in [0.25, 0.3) is 0 Å². The number of piperazine rings is 1. The third-order valence-corrected chi connectivity index (χ3v) is 4.89. The van der Waals surface area contributed by atoms with E-state index in [2.05, 4.69) is 31.0 Å². The minimum absolute atomic E-state index is 0.360. The van der Waals surface area contributed by atoms with Crippen molar-refractivity contribution in [1.82, 2.24) is 10.2 Å². The Morgan fingerprint density at radius 2 is 2.18 bits per heavy atom. The zero-order valence-corrected chi connectivity index (χ0v) is 12.0. The van der Waals surface area contributed by atoms with Gasteiger partial charge in [0, 0.05) is 31.7 Å². The Morgan fingerprint density at radius 3 is 2.88 bits per heavy atom. The van der Waals surface area contributed by atoms with Crippen LogP contribution in [0.5, 0.6) is 0 Å². The molecule has 1 N–H and O–H groups in total. The molecule has 0 aromatic heterocycles. The monoisotopic (exact) mass is 238 g/mol. The molecule has 17 heavy (non-hydrogen) atoms. The molecule has 1 heterocycles. The first-order valence-electron chi connectivity index (χ1n) is 7.59. The number of hydrogen-bond donors (Lipinski definition) is 1. The van der Waals surface area contributed by atoms with Gasteiger partial charge in [-0.15, -0.1) is 0 Å². The summed E-state index contributed by atoms with van der Waals surface area (Å²) in [5.74, 6) is 1.94. The quantitative estimate of drug-likeness (QED) is 0.813. The molecule has 0 bridgehead atoms. The van der Waals surface area contributed by atoms with Crippen LogP contribution < -0.4 is 5.32 Å². The zero-order valence-electron chi connectivity index (χ0n) is 12.0. The van der Waals surface area contributed by atoms with Crippen molar-refractivity contribution < 1.29 is 0 Å². The predicted octanol–water partition coefficient (Wildman–Crippen LogP) is 2.89. The van der Waals surface area contributed by atoms with E-state index in [0.29, 0.717) is 5.54 Å². The standard InChI is InChI=1S/C15H30N2/c1-4-15(3)12-17(9-8-16-15)11-14-7-5-6-13(2)10-14/h13-14,16H,4-12H2,1-3H3. The van der Waals surface area contributed by atoms with E-state index >= 15 is 0 Å². The number of nitrogens with one attached hydrogen (secondary N) is 1. The van der Waals surface area contributed by atoms with Crippen molar-refractivity contribution in [3.05, 3.63) is 0 Å². The number of nitrogens with zero attached hydrogens (tertiary/aromatic N) is 1. The molecular formula is C15H30N2. The summed E-state index contributed by atoms with van der Waals surface area (Å²) in [5.41, 5.74) is 0.360. The minimum Gasteiger partial charge on any atom is -0.309 e. The van der Waals surface area contributed by atoms with E-state index in [0.717, 1.165) is 11.8 Å². The molecule has 0 aromatic rings. The van der Waals surface area contributed by atoms with E-state index in [4.69, 9.17) is 0 Å². The van der Waals surface area contributed by atoms with Crippen LogP contribution in [-0.2, 0) is 0 Å². The number of rotatable bonds is 3. The fraction of sp³-hybridized carbons (Fsp3) is 1.00. The summed E-state index contributed by atoms with van der Waals surface area (Å²) < 4.78 is 0. The van der Waals surface area contributed by atoms with Crippen LogP contribution in [-0.4, -0.2) is 36.6 Å². The van der Waals surface area contributed by atoms with E-state index in [1.165, 1.54) is 58.3 Å². The lowest BCUT2D eigenvalue weighted by atomic mass is 9.82. The van der Waals surface area contributed by atoms with Crippen molar-refractivity contribution >= 4 is 0 Å². The van der Waals surface area contributed by atoms with Gasteiger partial charge in [0.2, 0.25) is 0 Å². The van der Waals surface area contributed by atoms with Crippen molar-refractivity contribution in [3.63, 3.8) is 0 Å². The van der Waals surface area contributed by atoms with E-state index in [9.17, 15) is 0 Å². The third-order valence-electron chi connectivity index (χ3n) is 4.89. The van der Waals surface area contributed by atoms with Crippen molar-refractivity contribution in [3.8, 4) is 0 Å². The van der Waals surface area contributed by atoms with Crippen molar-refractivity contribution in [2.75, 3.05) is 26.2 Å². The summed E-state index contributed by atoms with van der Waals surface area (Å²) in [6, 6.07) is 0. The topological polar surface area (TPSA) is 15.3 Å². The summed E-state index contributed by atoms with van der Waals surface area (Å²) in [7, 11) is 0. The van der Waals surface area contributed by atoms with Crippen molar-refractivity contribution in [1.29, 1.82) is 0 Å². The molecular weight excluding hydrogens is 208 g/mol. The molecule has 3 atom stereocenters. The third kappa shape index (κ3) is 3.69. The van der Waals surface area contributed by atoms with Gasteiger partial charge in [-0.25, -0.2) is 0 Å². The Bertz CT molecular complexity index is 241. The second-order valence-electron chi connectivity index (χ2n) is 6.71. The van der Waals surface area contributed by atoms with Crippen LogP contribution in [0.2, 0.25) is 0 Å². The summed E-state index contributed by atoms with van der Waals surface area (Å²) in [6.07, 6.45) is 7.10. The summed E-state index contributed by atoms with van der Waals surface area (Å²) in [6.45, 7) is 12.1. The van der Waals surface area contributed by atoms with Crippen LogP contribution in [0.1, 0.15) is 52.9 Å². The van der Waals surface area contributed by atoms with Crippen LogP contribution in [0, 0.1) is 11.8 Å². The fourth-order valence-electron chi connectivity index (χ4n) is 3.63. The first-order chi connectivity index (χ1) is 8.11. The summed E-state index contributed by atoms with van der Waals surface area (Å²) >= 11 is 0. The van der Waals surface area contributed by atoms with E-state index in [-0.39, 0.29) is 0 Å². The second-order valence-corrected chi connectivity index (χ2v) is 6.71. The van der Waals surface area contributed by atoms with Gasteiger partial charge in [-0.05, 0) is 38.0 Å². The maximum atomic E-state index is 3.68. The lowest BCUT2D eigenvalue weighted by molar-refractivity contribution is 0.106. The molecule has 0 amide bonds. The van der Waals surface area contributed by atoms with Crippen LogP contribution in [0.3, 0.4) is 0 Å². The van der Waals surface area contributed by atoms with Crippen molar-refractivity contribution in [2.24, 2.45) is 11.8 Å². The molecule has 1 aliphatic heterocycles. The largest absolute Gasteiger partial charge is 0.309 e. The van der Waals surface area contributed by atoms with Crippen LogP contribution >= 0.6 is 0 Å². The van der Waals surface area contributed by atoms with Gasteiger partial charge in [-0.2, -0.15) is 0 Å². The average molecular weight is 238 g/mol. The van der Waals surface area contributed by atoms with Gasteiger partial charge in [0.15, 0.2) is 0 Å². The lowest BCUT2D eigenvalue weighted by Crippen LogP contribution is -2.59. The van der Waals surface area contributed by atoms with Gasteiger partial charge >= 0.3 is 0 Å². The van der Waals surface area contributed by atoms with Gasteiger partial charge in [-0.3, -0.25) is 4.90 Å². The summed E-state index contributed by atoms with van der Waals surface area (Å²) in [4.78, 5) is 2.71. The Morgan fingerprint density at radius 1 is 1.35 bits per heavy atom. The van der Waals surface area contributed by atoms with Gasteiger partial charge < -0.3 is 5.32 Å². The molecule has 3 unspecified atom stereocenters.